The van der Waals surface area contributed by atoms with Crippen LogP contribution in [0.2, 0.25) is 0 Å². The van der Waals surface area contributed by atoms with Gasteiger partial charge < -0.3 is 20.7 Å². The van der Waals surface area contributed by atoms with E-state index in [2.05, 4.69) is 48.3 Å². The summed E-state index contributed by atoms with van der Waals surface area (Å²) in [4.78, 5) is 14.8. The molecular weight excluding hydrogens is 350 g/mol. The fourth-order valence-corrected chi connectivity index (χ4v) is 3.32. The molecule has 1 aromatic carbocycles. The van der Waals surface area contributed by atoms with Gasteiger partial charge in [0.15, 0.2) is 0 Å². The van der Waals surface area contributed by atoms with Crippen LogP contribution in [0, 0.1) is 0 Å². The molecule has 28 heavy (non-hydrogen) atoms. The molecule has 160 valence electrons. The number of alkyl carbamates (subject to hydrolysis) is 1. The minimum absolute atomic E-state index is 0.0590. The number of rotatable bonds is 12. The maximum absolute atomic E-state index is 12.3. The molecule has 0 spiro atoms. The van der Waals surface area contributed by atoms with Crippen molar-refractivity contribution in [3.8, 4) is 0 Å². The van der Waals surface area contributed by atoms with Crippen LogP contribution in [0.15, 0.2) is 24.3 Å². The van der Waals surface area contributed by atoms with Crippen molar-refractivity contribution in [2.75, 3.05) is 19.6 Å². The number of benzene rings is 1. The Hall–Kier alpha value is -1.59. The van der Waals surface area contributed by atoms with Crippen molar-refractivity contribution in [3.05, 3.63) is 35.4 Å². The highest BCUT2D eigenvalue weighted by molar-refractivity contribution is 5.68. The average molecular weight is 392 g/mol. The van der Waals surface area contributed by atoms with Crippen LogP contribution in [0.1, 0.15) is 71.4 Å². The summed E-state index contributed by atoms with van der Waals surface area (Å²) in [5.74, 6) is 0. The zero-order chi connectivity index (χ0) is 21.0. The lowest BCUT2D eigenvalue weighted by Gasteiger charge is -2.25. The molecule has 0 aliphatic carbocycles. The van der Waals surface area contributed by atoms with Crippen LogP contribution in [0.25, 0.3) is 0 Å². The molecule has 1 rings (SSSR count). The van der Waals surface area contributed by atoms with E-state index in [0.717, 1.165) is 44.5 Å². The zero-order valence-corrected chi connectivity index (χ0v) is 18.6. The van der Waals surface area contributed by atoms with Crippen molar-refractivity contribution < 1.29 is 9.53 Å². The molecule has 5 nitrogen and oxygen atoms in total. The first kappa shape index (κ1) is 24.4. The number of ether oxygens (including phenoxy) is 1. The highest BCUT2D eigenvalue weighted by atomic mass is 16.6. The number of hydrogen-bond acceptors (Lipinski definition) is 4. The van der Waals surface area contributed by atoms with E-state index < -0.39 is 5.60 Å². The van der Waals surface area contributed by atoms with E-state index in [9.17, 15) is 4.79 Å². The second-order valence-electron chi connectivity index (χ2n) is 8.55. The molecular formula is C23H41N3O2. The number of carbonyl (C=O) groups is 1. The van der Waals surface area contributed by atoms with Crippen LogP contribution < -0.4 is 11.1 Å². The van der Waals surface area contributed by atoms with Gasteiger partial charge in [0.25, 0.3) is 0 Å². The summed E-state index contributed by atoms with van der Waals surface area (Å²) >= 11 is 0. The van der Waals surface area contributed by atoms with E-state index in [4.69, 9.17) is 10.5 Å². The predicted molar refractivity (Wildman–Crippen MR) is 117 cm³/mol. The topological polar surface area (TPSA) is 67.6 Å². The van der Waals surface area contributed by atoms with Gasteiger partial charge in [0.05, 0.1) is 0 Å². The molecule has 0 radical (unpaired) electrons. The molecule has 1 aromatic rings. The molecule has 0 heterocycles. The molecule has 0 aromatic heterocycles. The first-order valence-electron chi connectivity index (χ1n) is 10.8. The molecule has 0 aliphatic rings. The van der Waals surface area contributed by atoms with E-state index in [1.165, 1.54) is 18.4 Å². The van der Waals surface area contributed by atoms with E-state index in [1.54, 1.807) is 0 Å². The number of carbonyl (C=O) groups excluding carboxylic acids is 1. The van der Waals surface area contributed by atoms with Crippen molar-refractivity contribution in [1.82, 2.24) is 10.2 Å². The Morgan fingerprint density at radius 3 is 2.14 bits per heavy atom. The smallest absolute Gasteiger partial charge is 0.407 e. The quantitative estimate of drug-likeness (QED) is 0.551. The van der Waals surface area contributed by atoms with Gasteiger partial charge in [-0.15, -0.1) is 0 Å². The number of nitrogens with two attached hydrogens (primary N) is 1. The average Bonchev–Trinajstić information content (AvgIpc) is 2.61. The lowest BCUT2D eigenvalue weighted by molar-refractivity contribution is 0.0500. The lowest BCUT2D eigenvalue weighted by Crippen LogP contribution is -2.40. The maximum atomic E-state index is 12.3. The van der Waals surface area contributed by atoms with Gasteiger partial charge in [0, 0.05) is 12.6 Å². The van der Waals surface area contributed by atoms with Crippen LogP contribution in [0.5, 0.6) is 0 Å². The summed E-state index contributed by atoms with van der Waals surface area (Å²) in [7, 11) is 0. The molecule has 5 heteroatoms. The van der Waals surface area contributed by atoms with Crippen molar-refractivity contribution >= 4 is 6.09 Å². The molecule has 0 aliphatic heterocycles. The highest BCUT2D eigenvalue weighted by Crippen LogP contribution is 2.13. The summed E-state index contributed by atoms with van der Waals surface area (Å²) in [6.07, 6.45) is 4.80. The van der Waals surface area contributed by atoms with Gasteiger partial charge in [0.2, 0.25) is 0 Å². The Balaban J connectivity index is 2.68. The van der Waals surface area contributed by atoms with Gasteiger partial charge in [-0.25, -0.2) is 4.79 Å². The van der Waals surface area contributed by atoms with Crippen LogP contribution in [-0.2, 0) is 17.7 Å². The van der Waals surface area contributed by atoms with Gasteiger partial charge in [-0.2, -0.15) is 0 Å². The standard InChI is InChI=1S/C23H41N3O2/c1-6-14-26(15-7-2)16-8-9-21(25-22(27)28-23(3,4)5)17-19-10-12-20(18-24)13-11-19/h10-13,21H,6-9,14-18,24H2,1-5H3,(H,25,27). The Morgan fingerprint density at radius 1 is 1.07 bits per heavy atom. The fraction of sp³-hybridized carbons (Fsp3) is 0.696. The molecule has 3 N–H and O–H groups in total. The Labute approximate surface area is 172 Å². The maximum Gasteiger partial charge on any atom is 0.407 e. The molecule has 1 amide bonds. The number of nitrogens with one attached hydrogen (secondary N) is 1. The third-order valence-corrected chi connectivity index (χ3v) is 4.57. The predicted octanol–water partition coefficient (Wildman–Crippen LogP) is 4.48. The highest BCUT2D eigenvalue weighted by Gasteiger charge is 2.20. The van der Waals surface area contributed by atoms with E-state index in [-0.39, 0.29) is 12.1 Å². The first-order chi connectivity index (χ1) is 13.3. The molecule has 1 atom stereocenters. The SMILES string of the molecule is CCCN(CCC)CCCC(Cc1ccc(CN)cc1)NC(=O)OC(C)(C)C. The second-order valence-corrected chi connectivity index (χ2v) is 8.55. The summed E-state index contributed by atoms with van der Waals surface area (Å²) in [6, 6.07) is 8.39. The fourth-order valence-electron chi connectivity index (χ4n) is 3.32. The number of nitrogens with zero attached hydrogens (tertiary/aromatic N) is 1. The van der Waals surface area contributed by atoms with Gasteiger partial charge in [-0.05, 0) is 83.6 Å². The summed E-state index contributed by atoms with van der Waals surface area (Å²) in [6.45, 7) is 14.0. The van der Waals surface area contributed by atoms with Gasteiger partial charge >= 0.3 is 6.09 Å². The first-order valence-corrected chi connectivity index (χ1v) is 10.8. The van der Waals surface area contributed by atoms with E-state index in [0.29, 0.717) is 6.54 Å². The minimum atomic E-state index is -0.490. The van der Waals surface area contributed by atoms with Gasteiger partial charge in [-0.1, -0.05) is 38.1 Å². The van der Waals surface area contributed by atoms with E-state index in [1.807, 2.05) is 20.8 Å². The van der Waals surface area contributed by atoms with Gasteiger partial charge in [0.1, 0.15) is 5.60 Å². The minimum Gasteiger partial charge on any atom is -0.444 e. The Bertz CT molecular complexity index is 546. The third kappa shape index (κ3) is 10.7. The van der Waals surface area contributed by atoms with Crippen molar-refractivity contribution in [1.29, 1.82) is 0 Å². The summed E-state index contributed by atoms with van der Waals surface area (Å²) in [5.41, 5.74) is 7.53. The molecule has 0 bridgehead atoms. The second kappa shape index (κ2) is 12.8. The Kier molecular flexibility index (Phi) is 11.2. The third-order valence-electron chi connectivity index (χ3n) is 4.57. The van der Waals surface area contributed by atoms with Crippen molar-refractivity contribution in [2.45, 2.75) is 84.9 Å². The molecule has 1 unspecified atom stereocenters. The van der Waals surface area contributed by atoms with Crippen molar-refractivity contribution in [2.24, 2.45) is 5.73 Å². The largest absolute Gasteiger partial charge is 0.444 e. The molecule has 0 fully saturated rings. The van der Waals surface area contributed by atoms with Crippen LogP contribution in [-0.4, -0.2) is 42.3 Å². The van der Waals surface area contributed by atoms with Crippen LogP contribution in [0.3, 0.4) is 0 Å². The zero-order valence-electron chi connectivity index (χ0n) is 18.6. The monoisotopic (exact) mass is 391 g/mol. The van der Waals surface area contributed by atoms with Crippen LogP contribution in [0.4, 0.5) is 4.79 Å². The molecule has 0 saturated carbocycles. The number of amides is 1. The lowest BCUT2D eigenvalue weighted by atomic mass is 10.0. The normalized spacial score (nSPS) is 12.8. The van der Waals surface area contributed by atoms with Crippen molar-refractivity contribution in [3.63, 3.8) is 0 Å². The van der Waals surface area contributed by atoms with Gasteiger partial charge in [-0.3, -0.25) is 0 Å². The summed E-state index contributed by atoms with van der Waals surface area (Å²) in [5, 5.41) is 3.08. The number of hydrogen-bond donors (Lipinski definition) is 2. The molecule has 0 saturated heterocycles. The summed E-state index contributed by atoms with van der Waals surface area (Å²) < 4.78 is 5.47. The Morgan fingerprint density at radius 2 is 1.64 bits per heavy atom. The van der Waals surface area contributed by atoms with Crippen LogP contribution >= 0.6 is 0 Å². The van der Waals surface area contributed by atoms with E-state index >= 15 is 0 Å².